The lowest BCUT2D eigenvalue weighted by Crippen LogP contribution is -2.07. The first kappa shape index (κ1) is 13.9. The number of methoxy groups -OCH3 is 1. The van der Waals surface area contributed by atoms with Gasteiger partial charge in [-0.15, -0.1) is 0 Å². The van der Waals surface area contributed by atoms with Crippen molar-refractivity contribution in [3.05, 3.63) is 59.4 Å². The molecule has 104 valence electrons. The maximum absolute atomic E-state index is 13.5. The second kappa shape index (κ2) is 6.06. The molecule has 0 amide bonds. The Balaban J connectivity index is 2.14. The summed E-state index contributed by atoms with van der Waals surface area (Å²) in [5, 5.41) is 3.09. The van der Waals surface area contributed by atoms with Gasteiger partial charge in [-0.3, -0.25) is 0 Å². The number of esters is 1. The lowest BCUT2D eigenvalue weighted by molar-refractivity contribution is 0.0595. The van der Waals surface area contributed by atoms with E-state index >= 15 is 0 Å². The topological polar surface area (TPSA) is 64.3 Å². The molecule has 0 aliphatic heterocycles. The molecule has 20 heavy (non-hydrogen) atoms. The summed E-state index contributed by atoms with van der Waals surface area (Å²) >= 11 is 0. The normalized spacial score (nSPS) is 10.1. The minimum Gasteiger partial charge on any atom is -0.465 e. The monoisotopic (exact) mass is 274 g/mol. The van der Waals surface area contributed by atoms with Crippen molar-refractivity contribution in [2.45, 2.75) is 6.54 Å². The van der Waals surface area contributed by atoms with Crippen molar-refractivity contribution >= 4 is 17.3 Å². The summed E-state index contributed by atoms with van der Waals surface area (Å²) in [6.07, 6.45) is 0. The standard InChI is InChI=1S/C15H15FN2O2/c1-20-15(19)12-8-11(6-7-13(12)16)18-9-10-4-2-3-5-14(10)17/h2-8,18H,9,17H2,1H3. The van der Waals surface area contributed by atoms with E-state index < -0.39 is 11.8 Å². The number of rotatable bonds is 4. The number of hydrogen-bond donors (Lipinski definition) is 2. The molecule has 4 nitrogen and oxygen atoms in total. The molecule has 5 heteroatoms. The zero-order chi connectivity index (χ0) is 14.5. The Kier molecular flexibility index (Phi) is 4.20. The molecule has 0 aliphatic rings. The van der Waals surface area contributed by atoms with Crippen LogP contribution in [0.4, 0.5) is 15.8 Å². The largest absolute Gasteiger partial charge is 0.465 e. The molecule has 2 aromatic rings. The number of hydrogen-bond acceptors (Lipinski definition) is 4. The van der Waals surface area contributed by atoms with Crippen LogP contribution in [-0.4, -0.2) is 13.1 Å². The summed E-state index contributed by atoms with van der Waals surface area (Å²) < 4.78 is 18.0. The fraction of sp³-hybridized carbons (Fsp3) is 0.133. The first-order chi connectivity index (χ1) is 9.61. The van der Waals surface area contributed by atoms with Gasteiger partial charge in [0.15, 0.2) is 0 Å². The number of benzene rings is 2. The highest BCUT2D eigenvalue weighted by Gasteiger charge is 2.12. The van der Waals surface area contributed by atoms with E-state index in [1.54, 1.807) is 6.07 Å². The van der Waals surface area contributed by atoms with Gasteiger partial charge in [0, 0.05) is 17.9 Å². The third kappa shape index (κ3) is 3.06. The highest BCUT2D eigenvalue weighted by atomic mass is 19.1. The third-order valence-electron chi connectivity index (χ3n) is 2.91. The lowest BCUT2D eigenvalue weighted by Gasteiger charge is -2.10. The number of carbonyl (C=O) groups is 1. The molecule has 3 N–H and O–H groups in total. The average molecular weight is 274 g/mol. The predicted octanol–water partition coefficient (Wildman–Crippen LogP) is 2.81. The zero-order valence-electron chi connectivity index (χ0n) is 11.0. The Bertz CT molecular complexity index is 629. The fourth-order valence-electron chi connectivity index (χ4n) is 1.79. The number of carbonyl (C=O) groups excluding carboxylic acids is 1. The first-order valence-electron chi connectivity index (χ1n) is 6.07. The molecule has 0 heterocycles. The molecule has 0 radical (unpaired) electrons. The van der Waals surface area contributed by atoms with Crippen molar-refractivity contribution in [1.82, 2.24) is 0 Å². The number of para-hydroxylation sites is 1. The SMILES string of the molecule is COC(=O)c1cc(NCc2ccccc2N)ccc1F. The number of ether oxygens (including phenoxy) is 1. The maximum atomic E-state index is 13.5. The first-order valence-corrected chi connectivity index (χ1v) is 6.07. The second-order valence-corrected chi connectivity index (χ2v) is 4.24. The number of nitrogens with two attached hydrogens (primary N) is 1. The van der Waals surface area contributed by atoms with Crippen LogP contribution in [0.1, 0.15) is 15.9 Å². The van der Waals surface area contributed by atoms with Gasteiger partial charge in [-0.1, -0.05) is 18.2 Å². The van der Waals surface area contributed by atoms with Crippen LogP contribution < -0.4 is 11.1 Å². The van der Waals surface area contributed by atoms with Crippen LogP contribution in [-0.2, 0) is 11.3 Å². The van der Waals surface area contributed by atoms with E-state index in [2.05, 4.69) is 10.1 Å². The van der Waals surface area contributed by atoms with Crippen molar-refractivity contribution in [2.24, 2.45) is 0 Å². The minimum atomic E-state index is -0.703. The van der Waals surface area contributed by atoms with Gasteiger partial charge in [0.2, 0.25) is 0 Å². The van der Waals surface area contributed by atoms with E-state index in [1.807, 2.05) is 24.3 Å². The Morgan fingerprint density at radius 2 is 2.05 bits per heavy atom. The molecule has 0 unspecified atom stereocenters. The third-order valence-corrected chi connectivity index (χ3v) is 2.91. The number of nitrogens with one attached hydrogen (secondary N) is 1. The van der Waals surface area contributed by atoms with E-state index in [0.29, 0.717) is 17.9 Å². The van der Waals surface area contributed by atoms with Crippen molar-refractivity contribution < 1.29 is 13.9 Å². The minimum absolute atomic E-state index is 0.0986. The van der Waals surface area contributed by atoms with Crippen molar-refractivity contribution in [1.29, 1.82) is 0 Å². The molecular formula is C15H15FN2O2. The maximum Gasteiger partial charge on any atom is 0.340 e. The van der Waals surface area contributed by atoms with Crippen LogP contribution in [0.3, 0.4) is 0 Å². The molecule has 0 fully saturated rings. The van der Waals surface area contributed by atoms with Crippen LogP contribution in [0.15, 0.2) is 42.5 Å². The summed E-state index contributed by atoms with van der Waals surface area (Å²) in [6, 6.07) is 11.6. The Hall–Kier alpha value is -2.56. The van der Waals surface area contributed by atoms with E-state index in [-0.39, 0.29) is 5.56 Å². The average Bonchev–Trinajstić information content (AvgIpc) is 2.47. The van der Waals surface area contributed by atoms with E-state index in [9.17, 15) is 9.18 Å². The molecule has 0 aromatic heterocycles. The summed E-state index contributed by atoms with van der Waals surface area (Å²) in [4.78, 5) is 11.4. The summed E-state index contributed by atoms with van der Waals surface area (Å²) in [5.74, 6) is -1.31. The molecule has 0 aliphatic carbocycles. The van der Waals surface area contributed by atoms with Gasteiger partial charge in [0.25, 0.3) is 0 Å². The summed E-state index contributed by atoms with van der Waals surface area (Å²) in [7, 11) is 1.21. The number of nitrogen functional groups attached to an aromatic ring is 1. The molecule has 2 rings (SSSR count). The van der Waals surface area contributed by atoms with E-state index in [0.717, 1.165) is 5.56 Å². The van der Waals surface area contributed by atoms with Crippen LogP contribution in [0.25, 0.3) is 0 Å². The predicted molar refractivity (Wildman–Crippen MR) is 75.9 cm³/mol. The fourth-order valence-corrected chi connectivity index (χ4v) is 1.79. The van der Waals surface area contributed by atoms with Gasteiger partial charge < -0.3 is 15.8 Å². The van der Waals surface area contributed by atoms with Crippen LogP contribution in [0.5, 0.6) is 0 Å². The Labute approximate surface area is 116 Å². The van der Waals surface area contributed by atoms with Gasteiger partial charge >= 0.3 is 5.97 Å². The van der Waals surface area contributed by atoms with Gasteiger partial charge in [-0.05, 0) is 29.8 Å². The van der Waals surface area contributed by atoms with Crippen molar-refractivity contribution in [3.8, 4) is 0 Å². The van der Waals surface area contributed by atoms with Gasteiger partial charge in [-0.25, -0.2) is 9.18 Å². The summed E-state index contributed by atoms with van der Waals surface area (Å²) in [6.45, 7) is 0.485. The molecule has 0 bridgehead atoms. The van der Waals surface area contributed by atoms with Gasteiger partial charge in [0.05, 0.1) is 12.7 Å². The van der Waals surface area contributed by atoms with Gasteiger partial charge in [-0.2, -0.15) is 0 Å². The molecule has 0 saturated heterocycles. The zero-order valence-corrected chi connectivity index (χ0v) is 11.0. The lowest BCUT2D eigenvalue weighted by atomic mass is 10.1. The molecule has 0 saturated carbocycles. The Morgan fingerprint density at radius 3 is 2.75 bits per heavy atom. The summed E-state index contributed by atoms with van der Waals surface area (Å²) in [5.41, 5.74) is 7.96. The van der Waals surface area contributed by atoms with Crippen LogP contribution in [0, 0.1) is 5.82 Å². The highest BCUT2D eigenvalue weighted by molar-refractivity contribution is 5.90. The van der Waals surface area contributed by atoms with Crippen LogP contribution >= 0.6 is 0 Å². The van der Waals surface area contributed by atoms with Crippen LogP contribution in [0.2, 0.25) is 0 Å². The van der Waals surface area contributed by atoms with Gasteiger partial charge in [0.1, 0.15) is 5.82 Å². The molecule has 0 spiro atoms. The van der Waals surface area contributed by atoms with Crippen molar-refractivity contribution in [3.63, 3.8) is 0 Å². The molecule has 0 atom stereocenters. The highest BCUT2D eigenvalue weighted by Crippen LogP contribution is 2.18. The quantitative estimate of drug-likeness (QED) is 0.664. The number of halogens is 1. The van der Waals surface area contributed by atoms with E-state index in [1.165, 1.54) is 19.2 Å². The molecular weight excluding hydrogens is 259 g/mol. The molecule has 2 aromatic carbocycles. The van der Waals surface area contributed by atoms with E-state index in [4.69, 9.17) is 5.73 Å². The second-order valence-electron chi connectivity index (χ2n) is 4.24. The number of anilines is 2. The van der Waals surface area contributed by atoms with Crippen molar-refractivity contribution in [2.75, 3.05) is 18.2 Å². The Morgan fingerprint density at radius 1 is 1.30 bits per heavy atom. The smallest absolute Gasteiger partial charge is 0.340 e.